The molecule has 0 aliphatic carbocycles. The van der Waals surface area contributed by atoms with Crippen LogP contribution in [0.25, 0.3) is 10.4 Å². The third-order valence-corrected chi connectivity index (χ3v) is 6.74. The van der Waals surface area contributed by atoms with E-state index in [0.29, 0.717) is 22.0 Å². The minimum atomic E-state index is -2.94. The number of thiophene rings is 1. The van der Waals surface area contributed by atoms with E-state index in [9.17, 15) is 13.8 Å². The molecule has 0 bridgehead atoms. The van der Waals surface area contributed by atoms with E-state index in [1.165, 1.54) is 17.6 Å². The molecule has 0 spiro atoms. The first-order valence-electron chi connectivity index (χ1n) is 9.86. The zero-order valence-corrected chi connectivity index (χ0v) is 19.6. The number of hydrogen-bond acceptors (Lipinski definition) is 9. The maximum absolute atomic E-state index is 12.7. The Labute approximate surface area is 195 Å². The predicted molar refractivity (Wildman–Crippen MR) is 126 cm³/mol. The highest BCUT2D eigenvalue weighted by Crippen LogP contribution is 2.32. The highest BCUT2D eigenvalue weighted by Gasteiger charge is 2.14. The first-order chi connectivity index (χ1) is 15.8. The first kappa shape index (κ1) is 24.1. The smallest absolute Gasteiger partial charge is 0.442 e. The number of aromatic nitrogens is 2. The lowest BCUT2D eigenvalue weighted by Crippen LogP contribution is -2.15. The second kappa shape index (κ2) is 10.9. The zero-order valence-electron chi connectivity index (χ0n) is 18.0. The minimum absolute atomic E-state index is 0.0608. The molecule has 3 aromatic rings. The third kappa shape index (κ3) is 6.73. The maximum Gasteiger partial charge on any atom is 0.442 e. The molecule has 0 radical (unpaired) electrons. The van der Waals surface area contributed by atoms with Crippen molar-refractivity contribution in [3.8, 4) is 16.3 Å². The summed E-state index contributed by atoms with van der Waals surface area (Å²) in [5, 5.41) is 4.98. The summed E-state index contributed by atoms with van der Waals surface area (Å²) in [5.41, 5.74) is 6.51. The number of nitrogens with zero attached hydrogens (tertiary/aromatic N) is 3. The van der Waals surface area contributed by atoms with Crippen molar-refractivity contribution in [1.29, 1.82) is 0 Å². The summed E-state index contributed by atoms with van der Waals surface area (Å²) in [5.74, 6) is 0.116. The van der Waals surface area contributed by atoms with Crippen LogP contribution in [0.1, 0.15) is 13.3 Å². The van der Waals surface area contributed by atoms with Crippen LogP contribution in [-0.4, -0.2) is 45.6 Å². The van der Waals surface area contributed by atoms with Gasteiger partial charge < -0.3 is 20.5 Å². The predicted octanol–water partition coefficient (Wildman–Crippen LogP) is 3.82. The summed E-state index contributed by atoms with van der Waals surface area (Å²) in [6.45, 7) is 1.89. The van der Waals surface area contributed by atoms with Gasteiger partial charge in [0.1, 0.15) is 0 Å². The van der Waals surface area contributed by atoms with Gasteiger partial charge in [-0.15, -0.1) is 15.7 Å². The van der Waals surface area contributed by atoms with E-state index in [1.807, 2.05) is 17.5 Å². The molecule has 10 nitrogen and oxygen atoms in total. The van der Waals surface area contributed by atoms with Crippen LogP contribution < -0.4 is 15.8 Å². The molecule has 0 aliphatic heterocycles. The molecule has 0 saturated heterocycles. The molecule has 3 N–H and O–H groups in total. The molecule has 2 aromatic heterocycles. The van der Waals surface area contributed by atoms with Crippen LogP contribution in [-0.2, 0) is 19.3 Å². The standard InChI is InChI=1S/C21H23N5O5S2/c1-3-30-21(28)26-33(2,29)15-8-6-14(7-9-15)24-20-23-13-16(17-5-4-12-32-17)19(25-20)31-11-10-18(22)27/h4-9,12-13H,3,10-11H2,1-2H3,(H2,22,27)(H,23,24,25). The van der Waals surface area contributed by atoms with E-state index in [-0.39, 0.29) is 25.6 Å². The Morgan fingerprint density at radius 3 is 2.64 bits per heavy atom. The Kier molecular flexibility index (Phi) is 7.96. The molecule has 0 saturated carbocycles. The monoisotopic (exact) mass is 489 g/mol. The number of primary amides is 1. The average molecular weight is 490 g/mol. The van der Waals surface area contributed by atoms with Crippen molar-refractivity contribution in [2.75, 3.05) is 24.8 Å². The lowest BCUT2D eigenvalue weighted by atomic mass is 10.2. The van der Waals surface area contributed by atoms with Gasteiger partial charge >= 0.3 is 6.09 Å². The van der Waals surface area contributed by atoms with Crippen LogP contribution in [0.4, 0.5) is 16.4 Å². The Morgan fingerprint density at radius 1 is 1.24 bits per heavy atom. The number of nitrogens with one attached hydrogen (secondary N) is 1. The Morgan fingerprint density at radius 2 is 2.00 bits per heavy atom. The van der Waals surface area contributed by atoms with Gasteiger partial charge in [-0.1, -0.05) is 6.07 Å². The molecule has 0 aliphatic rings. The van der Waals surface area contributed by atoms with Crippen LogP contribution in [0.3, 0.4) is 0 Å². The van der Waals surface area contributed by atoms with Gasteiger partial charge in [-0.2, -0.15) is 4.98 Å². The lowest BCUT2D eigenvalue weighted by molar-refractivity contribution is -0.118. The van der Waals surface area contributed by atoms with Gasteiger partial charge in [-0.05, 0) is 42.6 Å². The van der Waals surface area contributed by atoms with Crippen LogP contribution in [0.15, 0.2) is 57.2 Å². The van der Waals surface area contributed by atoms with E-state index < -0.39 is 21.7 Å². The average Bonchev–Trinajstić information content (AvgIpc) is 3.28. The minimum Gasteiger partial charge on any atom is -0.477 e. The van der Waals surface area contributed by atoms with Gasteiger partial charge in [-0.3, -0.25) is 4.79 Å². The summed E-state index contributed by atoms with van der Waals surface area (Å²) < 4.78 is 26.8. The van der Waals surface area contributed by atoms with Gasteiger partial charge in [0.05, 0.1) is 34.9 Å². The van der Waals surface area contributed by atoms with Crippen LogP contribution in [0.5, 0.6) is 5.88 Å². The molecule has 33 heavy (non-hydrogen) atoms. The highest BCUT2D eigenvalue weighted by molar-refractivity contribution is 7.93. The molecule has 174 valence electrons. The Balaban J connectivity index is 1.80. The molecule has 2 amide bonds. The highest BCUT2D eigenvalue weighted by atomic mass is 32.2. The van der Waals surface area contributed by atoms with Gasteiger partial charge in [-0.25, -0.2) is 14.0 Å². The lowest BCUT2D eigenvalue weighted by Gasteiger charge is -2.12. The number of rotatable bonds is 9. The number of carbonyl (C=O) groups excluding carboxylic acids is 2. The van der Waals surface area contributed by atoms with Crippen molar-refractivity contribution in [2.45, 2.75) is 18.2 Å². The maximum atomic E-state index is 12.7. The summed E-state index contributed by atoms with van der Waals surface area (Å²) >= 11 is 1.51. The largest absolute Gasteiger partial charge is 0.477 e. The normalized spacial score (nSPS) is 12.4. The number of benzene rings is 1. The quantitative estimate of drug-likeness (QED) is 0.461. The second-order valence-electron chi connectivity index (χ2n) is 6.70. The van der Waals surface area contributed by atoms with Crippen LogP contribution >= 0.6 is 11.3 Å². The zero-order chi connectivity index (χ0) is 23.8. The van der Waals surface area contributed by atoms with E-state index >= 15 is 0 Å². The molecule has 12 heteroatoms. The van der Waals surface area contributed by atoms with E-state index in [0.717, 1.165) is 4.88 Å². The Hall–Kier alpha value is -3.51. The molecule has 1 atom stereocenters. The molecule has 1 unspecified atom stereocenters. The van der Waals surface area contributed by atoms with Gasteiger partial charge in [0, 0.05) is 27.9 Å². The summed E-state index contributed by atoms with van der Waals surface area (Å²) in [6, 6.07) is 10.3. The first-order valence-corrected chi connectivity index (χ1v) is 12.7. The number of amides is 2. The molecule has 1 aromatic carbocycles. The van der Waals surface area contributed by atoms with E-state index in [4.69, 9.17) is 15.2 Å². The molecule has 3 rings (SSSR count). The van der Waals surface area contributed by atoms with Crippen molar-refractivity contribution in [3.05, 3.63) is 48.0 Å². The number of anilines is 2. The summed E-state index contributed by atoms with van der Waals surface area (Å²) in [7, 11) is -2.94. The molecular weight excluding hydrogens is 466 g/mol. The van der Waals surface area contributed by atoms with Gasteiger partial charge in [0.2, 0.25) is 17.7 Å². The number of nitrogens with two attached hydrogens (primary N) is 1. The molecule has 2 heterocycles. The fraction of sp³-hybridized carbons (Fsp3) is 0.238. The van der Waals surface area contributed by atoms with Crippen molar-refractivity contribution in [3.63, 3.8) is 0 Å². The van der Waals surface area contributed by atoms with Crippen molar-refractivity contribution >= 4 is 44.7 Å². The van der Waals surface area contributed by atoms with E-state index in [1.54, 1.807) is 37.4 Å². The van der Waals surface area contributed by atoms with Crippen LogP contribution in [0, 0.1) is 0 Å². The molecular formula is C21H23N5O5S2. The fourth-order valence-corrected chi connectivity index (χ4v) is 4.46. The van der Waals surface area contributed by atoms with Crippen molar-refractivity contribution in [1.82, 2.24) is 9.97 Å². The van der Waals surface area contributed by atoms with E-state index in [2.05, 4.69) is 19.6 Å². The number of hydrogen-bond donors (Lipinski definition) is 2. The summed E-state index contributed by atoms with van der Waals surface area (Å²) in [6.07, 6.45) is 2.20. The van der Waals surface area contributed by atoms with Gasteiger partial charge in [0.25, 0.3) is 0 Å². The fourth-order valence-electron chi connectivity index (χ4n) is 2.65. The van der Waals surface area contributed by atoms with Crippen molar-refractivity contribution in [2.24, 2.45) is 10.1 Å². The Bertz CT molecular complexity index is 1240. The third-order valence-electron chi connectivity index (χ3n) is 4.19. The number of carbonyl (C=O) groups is 2. The summed E-state index contributed by atoms with van der Waals surface area (Å²) in [4.78, 5) is 32.7. The topological polar surface area (TPSA) is 146 Å². The van der Waals surface area contributed by atoms with Crippen LogP contribution in [0.2, 0.25) is 0 Å². The SMILES string of the molecule is CCOC(=O)N=S(C)(=O)c1ccc(Nc2ncc(-c3cccs3)c(OCCC(N)=O)n2)cc1. The second-order valence-corrected chi connectivity index (χ2v) is 9.90. The molecule has 0 fully saturated rings. The number of ether oxygens (including phenoxy) is 2. The van der Waals surface area contributed by atoms with Crippen molar-refractivity contribution < 1.29 is 23.3 Å². The van der Waals surface area contributed by atoms with Gasteiger partial charge in [0.15, 0.2) is 0 Å².